The van der Waals surface area contributed by atoms with Crippen molar-refractivity contribution in [2.24, 2.45) is 11.3 Å². The Morgan fingerprint density at radius 2 is 2.06 bits per heavy atom. The molecule has 0 heterocycles. The fourth-order valence-corrected chi connectivity index (χ4v) is 4.00. The minimum absolute atomic E-state index is 0.305. The summed E-state index contributed by atoms with van der Waals surface area (Å²) in [5, 5.41) is 4.54. The normalized spacial score (nSPS) is 29.9. The molecule has 1 fully saturated rings. The van der Waals surface area contributed by atoms with Crippen LogP contribution >= 0.6 is 11.6 Å². The van der Waals surface area contributed by atoms with E-state index >= 15 is 0 Å². The summed E-state index contributed by atoms with van der Waals surface area (Å²) < 4.78 is 0. The monoisotopic (exact) mass is 265 g/mol. The molecule has 0 bridgehead atoms. The van der Waals surface area contributed by atoms with Crippen LogP contribution in [-0.2, 0) is 0 Å². The number of rotatable bonds is 4. The summed E-state index contributed by atoms with van der Waals surface area (Å²) in [7, 11) is 0. The van der Waals surface area contributed by atoms with E-state index in [2.05, 4.69) is 51.2 Å². The lowest BCUT2D eigenvalue weighted by atomic mass is 9.50. The highest BCUT2D eigenvalue weighted by molar-refractivity contribution is 6.30. The largest absolute Gasteiger partial charge is 0.313 e. The van der Waals surface area contributed by atoms with E-state index in [9.17, 15) is 0 Å². The van der Waals surface area contributed by atoms with Crippen molar-refractivity contribution in [3.8, 4) is 0 Å². The van der Waals surface area contributed by atoms with Gasteiger partial charge in [-0.25, -0.2) is 0 Å². The van der Waals surface area contributed by atoms with Crippen molar-refractivity contribution >= 4 is 11.6 Å². The van der Waals surface area contributed by atoms with E-state index in [-0.39, 0.29) is 0 Å². The molecule has 2 heteroatoms. The van der Waals surface area contributed by atoms with E-state index in [0.29, 0.717) is 23.3 Å². The van der Waals surface area contributed by atoms with Crippen molar-refractivity contribution in [1.82, 2.24) is 5.32 Å². The van der Waals surface area contributed by atoms with Crippen LogP contribution in [0.25, 0.3) is 0 Å². The van der Waals surface area contributed by atoms with Gasteiger partial charge in [0.1, 0.15) is 0 Å². The first-order valence-electron chi connectivity index (χ1n) is 6.97. The molecule has 1 N–H and O–H groups in total. The van der Waals surface area contributed by atoms with Gasteiger partial charge in [0.2, 0.25) is 0 Å². The van der Waals surface area contributed by atoms with Crippen LogP contribution < -0.4 is 5.32 Å². The van der Waals surface area contributed by atoms with Gasteiger partial charge >= 0.3 is 0 Å². The standard InChI is InChI=1S/C16H24ClN/c1-5-9-18-15-11(2)14(16(15,3)4)12-7-6-8-13(17)10-12/h6-8,10-11,14-15,18H,5,9H2,1-4H3. The molecule has 0 spiro atoms. The number of hydrogen-bond acceptors (Lipinski definition) is 1. The molecule has 0 aliphatic heterocycles. The molecule has 0 amide bonds. The minimum Gasteiger partial charge on any atom is -0.313 e. The highest BCUT2D eigenvalue weighted by Crippen LogP contribution is 2.56. The van der Waals surface area contributed by atoms with Gasteiger partial charge < -0.3 is 5.32 Å². The fraction of sp³-hybridized carbons (Fsp3) is 0.625. The Balaban J connectivity index is 2.16. The minimum atomic E-state index is 0.305. The maximum absolute atomic E-state index is 6.12. The highest BCUT2D eigenvalue weighted by atomic mass is 35.5. The SMILES string of the molecule is CCCNC1C(C)C(c2cccc(Cl)c2)C1(C)C. The fourth-order valence-electron chi connectivity index (χ4n) is 3.80. The second-order valence-corrected chi connectivity index (χ2v) is 6.58. The van der Waals surface area contributed by atoms with Crippen molar-refractivity contribution in [1.29, 1.82) is 0 Å². The van der Waals surface area contributed by atoms with Crippen LogP contribution in [0.5, 0.6) is 0 Å². The second-order valence-electron chi connectivity index (χ2n) is 6.14. The van der Waals surface area contributed by atoms with E-state index in [1.165, 1.54) is 12.0 Å². The van der Waals surface area contributed by atoms with Crippen LogP contribution in [0.2, 0.25) is 5.02 Å². The van der Waals surface area contributed by atoms with Crippen molar-refractivity contribution < 1.29 is 0 Å². The van der Waals surface area contributed by atoms with Gasteiger partial charge in [-0.3, -0.25) is 0 Å². The lowest BCUT2D eigenvalue weighted by Crippen LogP contribution is -2.61. The molecule has 18 heavy (non-hydrogen) atoms. The Hall–Kier alpha value is -0.530. The predicted octanol–water partition coefficient (Wildman–Crippen LogP) is 4.47. The summed E-state index contributed by atoms with van der Waals surface area (Å²) in [5.74, 6) is 1.27. The van der Waals surface area contributed by atoms with Crippen molar-refractivity contribution in [2.45, 2.75) is 46.1 Å². The van der Waals surface area contributed by atoms with E-state index < -0.39 is 0 Å². The van der Waals surface area contributed by atoms with Gasteiger partial charge in [0.25, 0.3) is 0 Å². The Bertz CT molecular complexity index is 413. The summed E-state index contributed by atoms with van der Waals surface area (Å²) in [6, 6.07) is 8.97. The predicted molar refractivity (Wildman–Crippen MR) is 79.2 cm³/mol. The third kappa shape index (κ3) is 2.31. The molecule has 1 aliphatic rings. The van der Waals surface area contributed by atoms with Crippen LogP contribution in [0, 0.1) is 11.3 Å². The van der Waals surface area contributed by atoms with Crippen LogP contribution in [-0.4, -0.2) is 12.6 Å². The number of benzene rings is 1. The van der Waals surface area contributed by atoms with Gasteiger partial charge in [-0.15, -0.1) is 0 Å². The smallest absolute Gasteiger partial charge is 0.0408 e. The number of nitrogens with one attached hydrogen (secondary N) is 1. The maximum Gasteiger partial charge on any atom is 0.0408 e. The van der Waals surface area contributed by atoms with E-state index in [0.717, 1.165) is 11.6 Å². The summed E-state index contributed by atoms with van der Waals surface area (Å²) in [4.78, 5) is 0. The molecule has 100 valence electrons. The van der Waals surface area contributed by atoms with Crippen LogP contribution in [0.15, 0.2) is 24.3 Å². The van der Waals surface area contributed by atoms with E-state index in [4.69, 9.17) is 11.6 Å². The van der Waals surface area contributed by atoms with Crippen molar-refractivity contribution in [3.05, 3.63) is 34.9 Å². The van der Waals surface area contributed by atoms with Crippen LogP contribution in [0.4, 0.5) is 0 Å². The molecule has 3 unspecified atom stereocenters. The third-order valence-electron chi connectivity index (χ3n) is 4.48. The van der Waals surface area contributed by atoms with Gasteiger partial charge in [0.15, 0.2) is 0 Å². The molecule has 1 aromatic rings. The average molecular weight is 266 g/mol. The average Bonchev–Trinajstić information content (AvgIpc) is 2.29. The van der Waals surface area contributed by atoms with E-state index in [1.807, 2.05) is 6.07 Å². The Labute approximate surface area is 116 Å². The maximum atomic E-state index is 6.12. The zero-order valence-electron chi connectivity index (χ0n) is 11.8. The molecule has 0 saturated heterocycles. The lowest BCUT2D eigenvalue weighted by molar-refractivity contribution is 0.000589. The second kappa shape index (κ2) is 5.22. The molecule has 2 rings (SSSR count). The molecule has 0 aromatic heterocycles. The first-order chi connectivity index (χ1) is 8.48. The zero-order valence-corrected chi connectivity index (χ0v) is 12.6. The topological polar surface area (TPSA) is 12.0 Å². The van der Waals surface area contributed by atoms with Crippen LogP contribution in [0.3, 0.4) is 0 Å². The van der Waals surface area contributed by atoms with Gasteiger partial charge in [0, 0.05) is 11.1 Å². The molecule has 3 atom stereocenters. The van der Waals surface area contributed by atoms with Gasteiger partial charge in [-0.2, -0.15) is 0 Å². The zero-order chi connectivity index (χ0) is 13.3. The molecule has 1 saturated carbocycles. The van der Waals surface area contributed by atoms with Crippen LogP contribution in [0.1, 0.15) is 45.6 Å². The molecular weight excluding hydrogens is 242 g/mol. The highest BCUT2D eigenvalue weighted by Gasteiger charge is 2.53. The first kappa shape index (κ1) is 13.9. The quantitative estimate of drug-likeness (QED) is 0.847. The molecule has 0 radical (unpaired) electrons. The Kier molecular flexibility index (Phi) is 4.03. The third-order valence-corrected chi connectivity index (χ3v) is 4.71. The summed E-state index contributed by atoms with van der Waals surface area (Å²) >= 11 is 6.12. The van der Waals surface area contributed by atoms with Crippen molar-refractivity contribution in [2.75, 3.05) is 6.54 Å². The summed E-state index contributed by atoms with van der Waals surface area (Å²) in [5.41, 5.74) is 1.69. The van der Waals surface area contributed by atoms with Crippen molar-refractivity contribution in [3.63, 3.8) is 0 Å². The first-order valence-corrected chi connectivity index (χ1v) is 7.35. The van der Waals surface area contributed by atoms with Gasteiger partial charge in [0.05, 0.1) is 0 Å². The molecule has 1 aromatic carbocycles. The molecule has 1 nitrogen and oxygen atoms in total. The summed E-state index contributed by atoms with van der Waals surface area (Å²) in [6.07, 6.45) is 1.20. The Morgan fingerprint density at radius 3 is 2.61 bits per heavy atom. The summed E-state index contributed by atoms with van der Waals surface area (Å²) in [6.45, 7) is 10.4. The Morgan fingerprint density at radius 1 is 1.33 bits per heavy atom. The number of hydrogen-bond donors (Lipinski definition) is 1. The lowest BCUT2D eigenvalue weighted by Gasteiger charge is -2.58. The number of halogens is 1. The van der Waals surface area contributed by atoms with Gasteiger partial charge in [-0.1, -0.05) is 51.4 Å². The van der Waals surface area contributed by atoms with E-state index in [1.54, 1.807) is 0 Å². The molecular formula is C16H24ClN. The van der Waals surface area contributed by atoms with Gasteiger partial charge in [-0.05, 0) is 47.9 Å². The molecule has 1 aliphatic carbocycles.